The standard InChI is InChI=1S/C15H20BrNO/c16-9-3-4-10-17-15(18)14-8-7-12-5-1-2-6-13(12)11-14/h1-2,5-6,14H,3-4,7-11H2,(H,17,18). The van der Waals surface area contributed by atoms with E-state index in [0.717, 1.165) is 44.0 Å². The zero-order valence-corrected chi connectivity index (χ0v) is 12.2. The lowest BCUT2D eigenvalue weighted by molar-refractivity contribution is -0.125. The molecule has 1 amide bonds. The van der Waals surface area contributed by atoms with Crippen LogP contribution < -0.4 is 5.32 Å². The average Bonchev–Trinajstić information content (AvgIpc) is 2.43. The second-order valence-corrected chi connectivity index (χ2v) is 5.69. The van der Waals surface area contributed by atoms with Crippen LogP contribution in [0, 0.1) is 5.92 Å². The van der Waals surface area contributed by atoms with Crippen LogP contribution in [0.3, 0.4) is 0 Å². The number of benzene rings is 1. The quantitative estimate of drug-likeness (QED) is 0.657. The molecule has 1 unspecified atom stereocenters. The summed E-state index contributed by atoms with van der Waals surface area (Å²) in [4.78, 5) is 12.0. The van der Waals surface area contributed by atoms with Gasteiger partial charge in [0.15, 0.2) is 0 Å². The normalized spacial score (nSPS) is 18.2. The van der Waals surface area contributed by atoms with E-state index in [1.54, 1.807) is 0 Å². The highest BCUT2D eigenvalue weighted by molar-refractivity contribution is 9.09. The van der Waals surface area contributed by atoms with Crippen LogP contribution in [0.1, 0.15) is 30.4 Å². The molecule has 1 aromatic carbocycles. The smallest absolute Gasteiger partial charge is 0.223 e. The summed E-state index contributed by atoms with van der Waals surface area (Å²) < 4.78 is 0. The Labute approximate surface area is 117 Å². The molecule has 98 valence electrons. The maximum Gasteiger partial charge on any atom is 0.223 e. The van der Waals surface area contributed by atoms with Gasteiger partial charge in [0.05, 0.1) is 0 Å². The van der Waals surface area contributed by atoms with Gasteiger partial charge in [-0.2, -0.15) is 0 Å². The number of hydrogen-bond donors (Lipinski definition) is 1. The summed E-state index contributed by atoms with van der Waals surface area (Å²) in [5.74, 6) is 0.406. The number of unbranched alkanes of at least 4 members (excludes halogenated alkanes) is 1. The van der Waals surface area contributed by atoms with Crippen LogP contribution in [-0.4, -0.2) is 17.8 Å². The van der Waals surface area contributed by atoms with Crippen LogP contribution in [-0.2, 0) is 17.6 Å². The minimum Gasteiger partial charge on any atom is -0.356 e. The van der Waals surface area contributed by atoms with Gasteiger partial charge in [0.2, 0.25) is 5.91 Å². The van der Waals surface area contributed by atoms with E-state index >= 15 is 0 Å². The van der Waals surface area contributed by atoms with Gasteiger partial charge in [0.1, 0.15) is 0 Å². The maximum absolute atomic E-state index is 12.0. The van der Waals surface area contributed by atoms with Crippen molar-refractivity contribution in [1.29, 1.82) is 0 Å². The Morgan fingerprint density at radius 1 is 1.28 bits per heavy atom. The van der Waals surface area contributed by atoms with Crippen molar-refractivity contribution in [2.45, 2.75) is 32.1 Å². The van der Waals surface area contributed by atoms with E-state index in [1.807, 2.05) is 0 Å². The fourth-order valence-corrected chi connectivity index (χ4v) is 2.89. The van der Waals surface area contributed by atoms with Crippen molar-refractivity contribution in [3.8, 4) is 0 Å². The Morgan fingerprint density at radius 3 is 2.83 bits per heavy atom. The number of fused-ring (bicyclic) bond motifs is 1. The Kier molecular flexibility index (Phi) is 5.24. The van der Waals surface area contributed by atoms with Crippen LogP contribution in [0.4, 0.5) is 0 Å². The highest BCUT2D eigenvalue weighted by Gasteiger charge is 2.23. The van der Waals surface area contributed by atoms with Crippen LogP contribution in [0.25, 0.3) is 0 Å². The Morgan fingerprint density at radius 2 is 2.06 bits per heavy atom. The molecule has 0 saturated carbocycles. The van der Waals surface area contributed by atoms with E-state index in [4.69, 9.17) is 0 Å². The summed E-state index contributed by atoms with van der Waals surface area (Å²) in [6.45, 7) is 0.808. The molecule has 1 aliphatic carbocycles. The van der Waals surface area contributed by atoms with Gasteiger partial charge in [0, 0.05) is 17.8 Å². The largest absolute Gasteiger partial charge is 0.356 e. The first-order chi connectivity index (χ1) is 8.81. The molecule has 0 radical (unpaired) electrons. The third-order valence-electron chi connectivity index (χ3n) is 3.58. The van der Waals surface area contributed by atoms with Crippen molar-refractivity contribution in [3.63, 3.8) is 0 Å². The molecule has 0 saturated heterocycles. The number of hydrogen-bond acceptors (Lipinski definition) is 1. The van der Waals surface area contributed by atoms with Crippen molar-refractivity contribution in [2.75, 3.05) is 11.9 Å². The van der Waals surface area contributed by atoms with E-state index in [0.29, 0.717) is 0 Å². The number of carbonyl (C=O) groups excluding carboxylic acids is 1. The van der Waals surface area contributed by atoms with E-state index < -0.39 is 0 Å². The second-order valence-electron chi connectivity index (χ2n) is 4.90. The minimum absolute atomic E-state index is 0.170. The van der Waals surface area contributed by atoms with Gasteiger partial charge in [-0.3, -0.25) is 4.79 Å². The van der Waals surface area contributed by atoms with E-state index in [2.05, 4.69) is 45.5 Å². The summed E-state index contributed by atoms with van der Waals surface area (Å²) in [7, 11) is 0. The molecule has 2 rings (SSSR count). The molecule has 0 fully saturated rings. The molecule has 0 aliphatic heterocycles. The molecular formula is C15H20BrNO. The molecule has 3 heteroatoms. The molecule has 0 bridgehead atoms. The number of rotatable bonds is 5. The predicted octanol–water partition coefficient (Wildman–Crippen LogP) is 3.08. The monoisotopic (exact) mass is 309 g/mol. The fraction of sp³-hybridized carbons (Fsp3) is 0.533. The lowest BCUT2D eigenvalue weighted by Crippen LogP contribution is -2.34. The van der Waals surface area contributed by atoms with E-state index in [1.165, 1.54) is 11.1 Å². The minimum atomic E-state index is 0.170. The molecule has 18 heavy (non-hydrogen) atoms. The Bertz CT molecular complexity index is 405. The summed E-state index contributed by atoms with van der Waals surface area (Å²) in [5, 5.41) is 4.07. The third-order valence-corrected chi connectivity index (χ3v) is 4.14. The third kappa shape index (κ3) is 3.58. The van der Waals surface area contributed by atoms with Crippen molar-refractivity contribution in [1.82, 2.24) is 5.32 Å². The average molecular weight is 310 g/mol. The molecular weight excluding hydrogens is 290 g/mol. The number of aryl methyl sites for hydroxylation is 1. The van der Waals surface area contributed by atoms with Gasteiger partial charge in [0.25, 0.3) is 0 Å². The highest BCUT2D eigenvalue weighted by Crippen LogP contribution is 2.25. The Balaban J connectivity index is 1.83. The summed E-state index contributed by atoms with van der Waals surface area (Å²) in [5.41, 5.74) is 2.77. The first-order valence-electron chi connectivity index (χ1n) is 6.71. The molecule has 1 atom stereocenters. The molecule has 1 aromatic rings. The number of nitrogens with one attached hydrogen (secondary N) is 1. The number of alkyl halides is 1. The van der Waals surface area contributed by atoms with E-state index in [9.17, 15) is 4.79 Å². The first kappa shape index (κ1) is 13.6. The fourth-order valence-electron chi connectivity index (χ4n) is 2.50. The summed E-state index contributed by atoms with van der Waals surface area (Å²) >= 11 is 3.40. The Hall–Kier alpha value is -0.830. The van der Waals surface area contributed by atoms with Crippen LogP contribution >= 0.6 is 15.9 Å². The second kappa shape index (κ2) is 6.93. The SMILES string of the molecule is O=C(NCCCCBr)C1CCc2ccccc2C1. The molecule has 2 nitrogen and oxygen atoms in total. The number of halogens is 1. The van der Waals surface area contributed by atoms with Gasteiger partial charge in [-0.05, 0) is 43.2 Å². The molecule has 0 spiro atoms. The van der Waals surface area contributed by atoms with Crippen molar-refractivity contribution >= 4 is 21.8 Å². The van der Waals surface area contributed by atoms with Gasteiger partial charge in [-0.15, -0.1) is 0 Å². The maximum atomic E-state index is 12.0. The van der Waals surface area contributed by atoms with E-state index in [-0.39, 0.29) is 11.8 Å². The van der Waals surface area contributed by atoms with Crippen molar-refractivity contribution in [2.24, 2.45) is 5.92 Å². The van der Waals surface area contributed by atoms with Gasteiger partial charge in [-0.1, -0.05) is 40.2 Å². The van der Waals surface area contributed by atoms with Crippen molar-refractivity contribution < 1.29 is 4.79 Å². The topological polar surface area (TPSA) is 29.1 Å². The number of amides is 1. The van der Waals surface area contributed by atoms with Crippen LogP contribution in [0.5, 0.6) is 0 Å². The van der Waals surface area contributed by atoms with Crippen LogP contribution in [0.2, 0.25) is 0 Å². The zero-order valence-electron chi connectivity index (χ0n) is 10.6. The predicted molar refractivity (Wildman–Crippen MR) is 78.0 cm³/mol. The number of carbonyl (C=O) groups is 1. The van der Waals surface area contributed by atoms with Gasteiger partial charge >= 0.3 is 0 Å². The van der Waals surface area contributed by atoms with Gasteiger partial charge < -0.3 is 5.32 Å². The lowest BCUT2D eigenvalue weighted by atomic mass is 9.83. The van der Waals surface area contributed by atoms with Crippen LogP contribution in [0.15, 0.2) is 24.3 Å². The molecule has 1 N–H and O–H groups in total. The lowest BCUT2D eigenvalue weighted by Gasteiger charge is -2.23. The van der Waals surface area contributed by atoms with Crippen molar-refractivity contribution in [3.05, 3.63) is 35.4 Å². The molecule has 0 heterocycles. The highest BCUT2D eigenvalue weighted by atomic mass is 79.9. The first-order valence-corrected chi connectivity index (χ1v) is 7.84. The van der Waals surface area contributed by atoms with Gasteiger partial charge in [-0.25, -0.2) is 0 Å². The summed E-state index contributed by atoms with van der Waals surface area (Å²) in [6, 6.07) is 8.48. The zero-order chi connectivity index (χ0) is 12.8. The summed E-state index contributed by atoms with van der Waals surface area (Å²) in [6.07, 6.45) is 5.10. The molecule has 1 aliphatic rings. The molecule has 0 aromatic heterocycles.